The molecule has 1 saturated heterocycles. The highest BCUT2D eigenvalue weighted by Crippen LogP contribution is 2.33. The summed E-state index contributed by atoms with van der Waals surface area (Å²) in [6.45, 7) is 3.75. The fourth-order valence-corrected chi connectivity index (χ4v) is 4.55. The van der Waals surface area contributed by atoms with Crippen molar-refractivity contribution in [1.29, 1.82) is 0 Å². The van der Waals surface area contributed by atoms with Crippen LogP contribution in [0.25, 0.3) is 22.9 Å². The highest BCUT2D eigenvalue weighted by Gasteiger charge is 2.33. The van der Waals surface area contributed by atoms with E-state index < -0.39 is 11.7 Å². The van der Waals surface area contributed by atoms with Crippen LogP contribution in [0.3, 0.4) is 0 Å². The minimum atomic E-state index is -4.38. The van der Waals surface area contributed by atoms with Crippen molar-refractivity contribution in [2.24, 2.45) is 0 Å². The minimum Gasteiger partial charge on any atom is -0.379 e. The van der Waals surface area contributed by atoms with Crippen molar-refractivity contribution < 1.29 is 27.5 Å². The van der Waals surface area contributed by atoms with Crippen LogP contribution in [0.15, 0.2) is 54.6 Å². The first-order valence-corrected chi connectivity index (χ1v) is 11.4. The van der Waals surface area contributed by atoms with Crippen LogP contribution in [0.2, 0.25) is 0 Å². The maximum absolute atomic E-state index is 13.2. The number of alkyl halides is 3. The zero-order valence-corrected chi connectivity index (χ0v) is 18.8. The number of amides is 2. The molecule has 0 unspecified atom stereocenters. The Kier molecular flexibility index (Phi) is 6.17. The first-order valence-electron chi connectivity index (χ1n) is 11.4. The maximum atomic E-state index is 13.2. The molecule has 5 nitrogen and oxygen atoms in total. The van der Waals surface area contributed by atoms with Gasteiger partial charge in [-0.2, -0.15) is 13.2 Å². The molecule has 0 radical (unpaired) electrons. The summed E-state index contributed by atoms with van der Waals surface area (Å²) < 4.78 is 43.8. The maximum Gasteiger partial charge on any atom is 0.416 e. The van der Waals surface area contributed by atoms with Crippen molar-refractivity contribution in [1.82, 2.24) is 9.80 Å². The summed E-state index contributed by atoms with van der Waals surface area (Å²) in [5, 5.41) is 1.36. The molecule has 35 heavy (non-hydrogen) atoms. The molecular weight excluding hydrogens is 457 g/mol. The Morgan fingerprint density at radius 2 is 1.51 bits per heavy atom. The van der Waals surface area contributed by atoms with Crippen molar-refractivity contribution in [2.75, 3.05) is 39.4 Å². The molecule has 180 valence electrons. The largest absolute Gasteiger partial charge is 0.416 e. The van der Waals surface area contributed by atoms with E-state index in [9.17, 15) is 22.8 Å². The van der Waals surface area contributed by atoms with Crippen molar-refractivity contribution in [2.45, 2.75) is 6.18 Å². The third-order valence-corrected chi connectivity index (χ3v) is 6.46. The number of morpholine rings is 1. The Hall–Kier alpha value is -3.49. The topological polar surface area (TPSA) is 49.9 Å². The summed E-state index contributed by atoms with van der Waals surface area (Å²) >= 11 is 0. The van der Waals surface area contributed by atoms with Crippen LogP contribution >= 0.6 is 0 Å². The van der Waals surface area contributed by atoms with Gasteiger partial charge < -0.3 is 4.74 Å². The van der Waals surface area contributed by atoms with E-state index in [-0.39, 0.29) is 11.8 Å². The number of carbonyl (C=O) groups is 2. The lowest BCUT2D eigenvalue weighted by Gasteiger charge is -2.31. The van der Waals surface area contributed by atoms with Crippen LogP contribution in [-0.4, -0.2) is 61.0 Å². The SMILES string of the molecule is O=C1c2cccc3c(/C=C/c4ccc(C(F)(F)F)cc4)ccc(c23)C(=O)N1CCN1CCOCC1. The molecule has 1 fully saturated rings. The van der Waals surface area contributed by atoms with Crippen LogP contribution in [0.5, 0.6) is 0 Å². The molecule has 2 amide bonds. The Balaban J connectivity index is 1.42. The molecule has 0 atom stereocenters. The predicted octanol–water partition coefficient (Wildman–Crippen LogP) is 4.96. The molecule has 8 heteroatoms. The molecule has 0 saturated carbocycles. The van der Waals surface area contributed by atoms with E-state index in [0.29, 0.717) is 48.4 Å². The molecule has 0 aliphatic carbocycles. The van der Waals surface area contributed by atoms with E-state index in [1.54, 1.807) is 36.4 Å². The van der Waals surface area contributed by atoms with Gasteiger partial charge in [0.2, 0.25) is 0 Å². The summed E-state index contributed by atoms with van der Waals surface area (Å²) in [4.78, 5) is 30.0. The number of benzene rings is 3. The first kappa shape index (κ1) is 23.3. The Morgan fingerprint density at radius 1 is 0.829 bits per heavy atom. The van der Waals surface area contributed by atoms with E-state index in [1.807, 2.05) is 6.07 Å². The monoisotopic (exact) mass is 480 g/mol. The van der Waals surface area contributed by atoms with E-state index in [4.69, 9.17) is 4.74 Å². The molecule has 0 spiro atoms. The van der Waals surface area contributed by atoms with E-state index in [0.717, 1.165) is 36.2 Å². The highest BCUT2D eigenvalue weighted by atomic mass is 19.4. The van der Waals surface area contributed by atoms with E-state index >= 15 is 0 Å². The number of hydrogen-bond donors (Lipinski definition) is 0. The summed E-state index contributed by atoms with van der Waals surface area (Å²) in [5.74, 6) is -0.629. The van der Waals surface area contributed by atoms with Gasteiger partial charge in [0, 0.05) is 42.7 Å². The quantitative estimate of drug-likeness (QED) is 0.383. The molecule has 2 heterocycles. The normalized spacial score (nSPS) is 17.1. The number of ether oxygens (including phenoxy) is 1. The number of rotatable bonds is 5. The second kappa shape index (κ2) is 9.28. The Labute approximate surface area is 200 Å². The van der Waals surface area contributed by atoms with Gasteiger partial charge in [-0.3, -0.25) is 19.4 Å². The summed E-state index contributed by atoms with van der Waals surface area (Å²) in [6, 6.07) is 13.8. The molecule has 3 aromatic rings. The Morgan fingerprint density at radius 3 is 2.20 bits per heavy atom. The lowest BCUT2D eigenvalue weighted by atomic mass is 9.91. The molecule has 5 rings (SSSR count). The molecule has 0 N–H and O–H groups in total. The van der Waals surface area contributed by atoms with Crippen LogP contribution < -0.4 is 0 Å². The molecule has 2 aliphatic rings. The van der Waals surface area contributed by atoms with Gasteiger partial charge >= 0.3 is 6.18 Å². The number of imide groups is 1. The number of carbonyl (C=O) groups excluding carboxylic acids is 2. The van der Waals surface area contributed by atoms with Gasteiger partial charge in [0.05, 0.1) is 18.8 Å². The highest BCUT2D eigenvalue weighted by molar-refractivity contribution is 6.26. The lowest BCUT2D eigenvalue weighted by Crippen LogP contribution is -2.46. The van der Waals surface area contributed by atoms with Crippen molar-refractivity contribution in [3.05, 3.63) is 82.4 Å². The van der Waals surface area contributed by atoms with Gasteiger partial charge in [0.1, 0.15) is 0 Å². The van der Waals surface area contributed by atoms with Crippen LogP contribution in [0.4, 0.5) is 13.2 Å². The summed E-state index contributed by atoms with van der Waals surface area (Å²) in [7, 11) is 0. The second-order valence-electron chi connectivity index (χ2n) is 8.60. The van der Waals surface area contributed by atoms with Gasteiger partial charge in [-0.15, -0.1) is 0 Å². The zero-order valence-electron chi connectivity index (χ0n) is 18.8. The minimum absolute atomic E-state index is 0.309. The van der Waals surface area contributed by atoms with Crippen LogP contribution in [0, 0.1) is 0 Å². The third-order valence-electron chi connectivity index (χ3n) is 6.46. The van der Waals surface area contributed by atoms with Crippen LogP contribution in [-0.2, 0) is 10.9 Å². The smallest absolute Gasteiger partial charge is 0.379 e. The molecule has 0 aromatic heterocycles. The van der Waals surface area contributed by atoms with Gasteiger partial charge in [-0.05, 0) is 40.8 Å². The summed E-state index contributed by atoms with van der Waals surface area (Å²) in [6.07, 6.45) is -0.885. The van der Waals surface area contributed by atoms with Gasteiger partial charge in [0.15, 0.2) is 0 Å². The molecule has 0 bridgehead atoms. The summed E-state index contributed by atoms with van der Waals surface area (Å²) in [5.41, 5.74) is 1.63. The molecule has 2 aliphatic heterocycles. The van der Waals surface area contributed by atoms with Crippen molar-refractivity contribution >= 4 is 34.7 Å². The number of nitrogens with zero attached hydrogens (tertiary/aromatic N) is 2. The fraction of sp³-hybridized carbons (Fsp3) is 0.259. The van der Waals surface area contributed by atoms with Crippen LogP contribution in [0.1, 0.15) is 37.4 Å². The number of halogens is 3. The number of hydrogen-bond acceptors (Lipinski definition) is 4. The van der Waals surface area contributed by atoms with E-state index in [1.165, 1.54) is 17.0 Å². The second-order valence-corrected chi connectivity index (χ2v) is 8.60. The fourth-order valence-electron chi connectivity index (χ4n) is 4.55. The van der Waals surface area contributed by atoms with Gasteiger partial charge in [-0.25, -0.2) is 0 Å². The van der Waals surface area contributed by atoms with Crippen molar-refractivity contribution in [3.63, 3.8) is 0 Å². The lowest BCUT2D eigenvalue weighted by molar-refractivity contribution is -0.137. The average Bonchev–Trinajstić information content (AvgIpc) is 2.86. The first-order chi connectivity index (χ1) is 16.8. The zero-order chi connectivity index (χ0) is 24.6. The predicted molar refractivity (Wildman–Crippen MR) is 127 cm³/mol. The van der Waals surface area contributed by atoms with Gasteiger partial charge in [-0.1, -0.05) is 42.5 Å². The van der Waals surface area contributed by atoms with Gasteiger partial charge in [0.25, 0.3) is 11.8 Å². The standard InChI is InChI=1S/C27H23F3N2O3/c28-27(29,30)20-9-5-18(6-10-20)4-7-19-8-11-23-24-21(19)2-1-3-22(24)25(33)32(26(23)34)13-12-31-14-16-35-17-15-31/h1-11H,12-17H2/b7-4+. The van der Waals surface area contributed by atoms with Crippen molar-refractivity contribution in [3.8, 4) is 0 Å². The average molecular weight is 480 g/mol. The Bertz CT molecular complexity index is 1290. The van der Waals surface area contributed by atoms with E-state index in [2.05, 4.69) is 4.90 Å². The third kappa shape index (κ3) is 4.59. The molecular formula is C27H23F3N2O3. The molecule has 3 aromatic carbocycles.